The Morgan fingerprint density at radius 1 is 1.26 bits per heavy atom. The van der Waals surface area contributed by atoms with Crippen molar-refractivity contribution in [3.05, 3.63) is 56.6 Å². The highest BCUT2D eigenvalue weighted by atomic mass is 79.9. The number of nitrogens with two attached hydrogens (primary N) is 1. The van der Waals surface area contributed by atoms with Gasteiger partial charge < -0.3 is 15.7 Å². The van der Waals surface area contributed by atoms with Gasteiger partial charge in [0.25, 0.3) is 0 Å². The first kappa shape index (κ1) is 21.4. The van der Waals surface area contributed by atoms with Crippen LogP contribution in [0.25, 0.3) is 16.7 Å². The van der Waals surface area contributed by atoms with Crippen molar-refractivity contribution in [3.63, 3.8) is 0 Å². The van der Waals surface area contributed by atoms with Crippen LogP contribution in [0.15, 0.2) is 23.1 Å². The van der Waals surface area contributed by atoms with Gasteiger partial charge in [-0.05, 0) is 6.07 Å². The molecular formula is C18H12BrClF3N5O3. The van der Waals surface area contributed by atoms with E-state index in [1.807, 2.05) is 0 Å². The van der Waals surface area contributed by atoms with Crippen LogP contribution in [0.1, 0.15) is 10.4 Å². The first-order chi connectivity index (χ1) is 14.6. The molecule has 13 heteroatoms. The molecule has 0 radical (unpaired) electrons. The summed E-state index contributed by atoms with van der Waals surface area (Å²) in [5.41, 5.74) is 3.39. The van der Waals surface area contributed by atoms with E-state index in [0.717, 1.165) is 16.8 Å². The topological polar surface area (TPSA) is 113 Å². The van der Waals surface area contributed by atoms with E-state index in [0.29, 0.717) is 19.2 Å². The van der Waals surface area contributed by atoms with Crippen molar-refractivity contribution in [3.8, 4) is 5.82 Å². The van der Waals surface area contributed by atoms with Crippen LogP contribution in [0.3, 0.4) is 0 Å². The van der Waals surface area contributed by atoms with Gasteiger partial charge in [0.1, 0.15) is 11.4 Å². The predicted molar refractivity (Wildman–Crippen MR) is 112 cm³/mol. The molecule has 4 rings (SSSR count). The number of rotatable bonds is 4. The molecular weight excluding hydrogens is 507 g/mol. The van der Waals surface area contributed by atoms with E-state index < -0.39 is 51.4 Å². The number of fused-ring (bicyclic) bond motifs is 1. The first-order valence-corrected chi connectivity index (χ1v) is 9.84. The lowest BCUT2D eigenvalue weighted by Gasteiger charge is -2.40. The van der Waals surface area contributed by atoms with Crippen LogP contribution in [-0.2, 0) is 0 Å². The van der Waals surface area contributed by atoms with Crippen LogP contribution in [0.4, 0.5) is 24.7 Å². The number of anilines is 2. The van der Waals surface area contributed by atoms with Gasteiger partial charge in [0, 0.05) is 41.5 Å². The molecule has 1 aromatic carbocycles. The van der Waals surface area contributed by atoms with E-state index in [-0.39, 0.29) is 22.3 Å². The number of pyridine rings is 2. The summed E-state index contributed by atoms with van der Waals surface area (Å²) in [5.74, 6) is -6.07. The number of aromatic carboxylic acids is 1. The Morgan fingerprint density at radius 2 is 1.94 bits per heavy atom. The van der Waals surface area contributed by atoms with Crippen LogP contribution < -0.4 is 20.4 Å². The van der Waals surface area contributed by atoms with Crippen LogP contribution >= 0.6 is 27.7 Å². The van der Waals surface area contributed by atoms with E-state index in [2.05, 4.69) is 25.5 Å². The van der Waals surface area contributed by atoms with Crippen LogP contribution in [0.2, 0.25) is 5.02 Å². The minimum Gasteiger partial charge on any atom is -0.477 e. The molecule has 0 saturated carbocycles. The largest absolute Gasteiger partial charge is 0.477 e. The van der Waals surface area contributed by atoms with Crippen molar-refractivity contribution >= 4 is 56.1 Å². The molecule has 2 aromatic heterocycles. The molecule has 3 heterocycles. The lowest BCUT2D eigenvalue weighted by atomic mass is 10.1. The van der Waals surface area contributed by atoms with E-state index in [4.69, 9.17) is 17.3 Å². The molecule has 0 atom stereocenters. The predicted octanol–water partition coefficient (Wildman–Crippen LogP) is 2.82. The number of carbonyl (C=O) groups is 1. The highest BCUT2D eigenvalue weighted by molar-refractivity contribution is 9.08. The van der Waals surface area contributed by atoms with Crippen LogP contribution in [-0.4, -0.2) is 39.8 Å². The summed E-state index contributed by atoms with van der Waals surface area (Å²) >= 11 is 9.55. The third-order valence-corrected chi connectivity index (χ3v) is 5.91. The zero-order valence-corrected chi connectivity index (χ0v) is 17.6. The number of carboxylic acid groups (broad SMARTS) is 1. The Balaban J connectivity index is 2.09. The third kappa shape index (κ3) is 3.40. The van der Waals surface area contributed by atoms with Crippen molar-refractivity contribution in [2.75, 3.05) is 23.7 Å². The van der Waals surface area contributed by atoms with Gasteiger partial charge in [0.05, 0.1) is 27.7 Å². The Labute approximate surface area is 185 Å². The van der Waals surface area contributed by atoms with Gasteiger partial charge in [-0.25, -0.2) is 27.3 Å². The first-order valence-electron chi connectivity index (χ1n) is 8.67. The minimum absolute atomic E-state index is 0.0127. The molecule has 8 nitrogen and oxygen atoms in total. The molecule has 0 aliphatic carbocycles. The number of hydrogen-bond donors (Lipinski definition) is 3. The molecule has 0 spiro atoms. The number of nitrogen functional groups attached to an aromatic ring is 1. The van der Waals surface area contributed by atoms with Gasteiger partial charge >= 0.3 is 5.97 Å². The van der Waals surface area contributed by atoms with Crippen molar-refractivity contribution < 1.29 is 23.1 Å². The summed E-state index contributed by atoms with van der Waals surface area (Å²) in [6, 6.07) is 1.31. The van der Waals surface area contributed by atoms with Gasteiger partial charge in [-0.2, -0.15) is 0 Å². The molecule has 1 aliphatic heterocycles. The zero-order valence-electron chi connectivity index (χ0n) is 15.3. The maximum absolute atomic E-state index is 14.9. The second-order valence-corrected chi connectivity index (χ2v) is 7.67. The average Bonchev–Trinajstić information content (AvgIpc) is 2.67. The summed E-state index contributed by atoms with van der Waals surface area (Å²) in [5, 5.41) is 8.72. The minimum atomic E-state index is -1.63. The number of aromatic nitrogens is 2. The van der Waals surface area contributed by atoms with Gasteiger partial charge in [0.2, 0.25) is 5.43 Å². The summed E-state index contributed by atoms with van der Waals surface area (Å²) in [6.45, 7) is 0.752. The molecule has 1 saturated heterocycles. The number of halogens is 5. The van der Waals surface area contributed by atoms with Crippen molar-refractivity contribution in [2.24, 2.45) is 0 Å². The molecule has 0 unspecified atom stereocenters. The molecule has 1 aliphatic rings. The lowest BCUT2D eigenvalue weighted by Crippen LogP contribution is -2.56. The summed E-state index contributed by atoms with van der Waals surface area (Å²) in [6.07, 6.45) is 0.794. The second kappa shape index (κ2) is 7.70. The quantitative estimate of drug-likeness (QED) is 0.455. The molecule has 0 bridgehead atoms. The number of benzene rings is 1. The molecule has 4 N–H and O–H groups in total. The lowest BCUT2D eigenvalue weighted by molar-refractivity contribution is 0.0695. The third-order valence-electron chi connectivity index (χ3n) is 4.91. The number of hydrogen-bond acceptors (Lipinski definition) is 6. The fourth-order valence-electron chi connectivity index (χ4n) is 3.38. The highest BCUT2D eigenvalue weighted by Gasteiger charge is 2.32. The van der Waals surface area contributed by atoms with E-state index >= 15 is 0 Å². The molecule has 31 heavy (non-hydrogen) atoms. The standard InChI is InChI=1S/C18H12BrClF3N5O3/c19-26-6-3-27(4-6)14-9(21)1-7-13(12(14)20)28(5-8(15(7)29)18(30)31)17-11(23)2-10(22)16(24)25-17/h1-2,5-6,26H,3-4H2,(H2,24,25)(H,30,31). The Morgan fingerprint density at radius 3 is 2.55 bits per heavy atom. The Bertz CT molecular complexity index is 1310. The van der Waals surface area contributed by atoms with Gasteiger partial charge in [-0.1, -0.05) is 11.6 Å². The normalized spacial score (nSPS) is 14.2. The number of carboxylic acids is 1. The fourth-order valence-corrected chi connectivity index (χ4v) is 4.08. The Hall–Kier alpha value is -2.83. The van der Waals surface area contributed by atoms with E-state index in [9.17, 15) is 27.9 Å². The van der Waals surface area contributed by atoms with Gasteiger partial charge in [-0.15, -0.1) is 0 Å². The summed E-state index contributed by atoms with van der Waals surface area (Å²) < 4.78 is 46.8. The molecule has 3 aromatic rings. The number of nitrogens with zero attached hydrogens (tertiary/aromatic N) is 3. The second-order valence-electron chi connectivity index (χ2n) is 6.84. The highest BCUT2D eigenvalue weighted by Crippen LogP contribution is 2.38. The smallest absolute Gasteiger partial charge is 0.341 e. The SMILES string of the molecule is Nc1nc(-n2cc(C(=O)O)c(=O)c3cc(F)c(N4CC(NBr)C4)c(Cl)c32)c(F)cc1F. The van der Waals surface area contributed by atoms with Gasteiger partial charge in [-0.3, -0.25) is 9.36 Å². The molecule has 162 valence electrons. The van der Waals surface area contributed by atoms with Crippen LogP contribution in [0.5, 0.6) is 0 Å². The monoisotopic (exact) mass is 517 g/mol. The van der Waals surface area contributed by atoms with E-state index in [1.165, 1.54) is 0 Å². The Kier molecular flexibility index (Phi) is 5.31. The maximum atomic E-state index is 14.9. The van der Waals surface area contributed by atoms with Crippen molar-refractivity contribution in [1.82, 2.24) is 13.9 Å². The van der Waals surface area contributed by atoms with E-state index in [1.54, 1.807) is 4.90 Å². The zero-order chi connectivity index (χ0) is 22.6. The van der Waals surface area contributed by atoms with Gasteiger partial charge in [0.15, 0.2) is 23.3 Å². The molecule has 1 fully saturated rings. The molecule has 0 amide bonds. The fraction of sp³-hybridized carbons (Fsp3) is 0.167. The van der Waals surface area contributed by atoms with Crippen molar-refractivity contribution in [2.45, 2.75) is 6.04 Å². The van der Waals surface area contributed by atoms with Crippen molar-refractivity contribution in [1.29, 1.82) is 0 Å². The maximum Gasteiger partial charge on any atom is 0.341 e. The average molecular weight is 519 g/mol. The summed E-state index contributed by atoms with van der Waals surface area (Å²) in [4.78, 5) is 29.5. The van der Waals surface area contributed by atoms with Crippen LogP contribution in [0, 0.1) is 17.5 Å². The number of nitrogens with one attached hydrogen (secondary N) is 1. The summed E-state index contributed by atoms with van der Waals surface area (Å²) in [7, 11) is 0.